The van der Waals surface area contributed by atoms with Crippen LogP contribution < -0.4 is 10.6 Å². The average Bonchev–Trinajstić information content (AvgIpc) is 2.74. The van der Waals surface area contributed by atoms with E-state index in [9.17, 15) is 4.79 Å². The molecule has 2 N–H and O–H groups in total. The van der Waals surface area contributed by atoms with Crippen molar-refractivity contribution >= 4 is 22.8 Å². The van der Waals surface area contributed by atoms with Gasteiger partial charge < -0.3 is 10.5 Å². The van der Waals surface area contributed by atoms with Gasteiger partial charge in [0.15, 0.2) is 0 Å². The van der Waals surface area contributed by atoms with Crippen LogP contribution in [0.25, 0.3) is 10.9 Å². The summed E-state index contributed by atoms with van der Waals surface area (Å²) in [4.78, 5) is 28.2. The highest BCUT2D eigenvalue weighted by atomic mass is 16.5. The van der Waals surface area contributed by atoms with E-state index in [4.69, 9.17) is 20.4 Å². The second-order valence-corrected chi connectivity index (χ2v) is 8.44. The fourth-order valence-corrected chi connectivity index (χ4v) is 4.50. The predicted molar refractivity (Wildman–Crippen MR) is 117 cm³/mol. The first-order valence-electron chi connectivity index (χ1n) is 10.9. The number of nitrogens with two attached hydrogens (primary N) is 1. The van der Waals surface area contributed by atoms with Gasteiger partial charge in [0.05, 0.1) is 12.1 Å². The fraction of sp³-hybridized carbons (Fsp3) is 0.591. The van der Waals surface area contributed by atoms with Gasteiger partial charge in [-0.3, -0.25) is 14.7 Å². The molecule has 0 unspecified atom stereocenters. The van der Waals surface area contributed by atoms with Gasteiger partial charge in [0.2, 0.25) is 0 Å². The third kappa shape index (κ3) is 4.55. The summed E-state index contributed by atoms with van der Waals surface area (Å²) < 4.78 is 5.50. The van der Waals surface area contributed by atoms with Gasteiger partial charge in [0, 0.05) is 56.9 Å². The molecule has 1 aromatic carbocycles. The monoisotopic (exact) mass is 412 g/mol. The molecule has 4 rings (SSSR count). The molecule has 162 valence electrons. The number of carbonyl (C=O) groups excluding carboxylic acids is 1. The van der Waals surface area contributed by atoms with E-state index in [0.29, 0.717) is 18.4 Å². The first kappa shape index (κ1) is 21.0. The van der Waals surface area contributed by atoms with E-state index in [0.717, 1.165) is 69.0 Å². The Bertz CT molecular complexity index is 875. The molecular formula is C22H32N6O2. The van der Waals surface area contributed by atoms with E-state index in [-0.39, 0.29) is 6.04 Å². The molecule has 30 heavy (non-hydrogen) atoms. The van der Waals surface area contributed by atoms with Crippen molar-refractivity contribution in [1.29, 1.82) is 0 Å². The van der Waals surface area contributed by atoms with Crippen molar-refractivity contribution in [3.8, 4) is 0 Å². The molecule has 3 heterocycles. The molecule has 8 heteroatoms. The van der Waals surface area contributed by atoms with Gasteiger partial charge in [-0.2, -0.15) is 0 Å². The maximum atomic E-state index is 12.1. The van der Waals surface area contributed by atoms with Gasteiger partial charge in [-0.1, -0.05) is 12.1 Å². The van der Waals surface area contributed by atoms with Crippen LogP contribution in [0.2, 0.25) is 0 Å². The highest BCUT2D eigenvalue weighted by Crippen LogP contribution is 2.26. The lowest BCUT2D eigenvalue weighted by Crippen LogP contribution is -2.51. The molecule has 0 aliphatic carbocycles. The number of nitrogens with zero attached hydrogens (tertiary/aromatic N) is 5. The number of piperazine rings is 1. The van der Waals surface area contributed by atoms with E-state index >= 15 is 0 Å². The molecular weight excluding hydrogens is 380 g/mol. The third-order valence-corrected chi connectivity index (χ3v) is 6.09. The van der Waals surface area contributed by atoms with E-state index in [2.05, 4.69) is 9.80 Å². The van der Waals surface area contributed by atoms with Crippen molar-refractivity contribution in [2.75, 3.05) is 44.3 Å². The van der Waals surface area contributed by atoms with E-state index < -0.39 is 6.03 Å². The minimum Gasteiger partial charge on any atom is -0.381 e. The van der Waals surface area contributed by atoms with Crippen molar-refractivity contribution in [2.45, 2.75) is 45.3 Å². The first-order chi connectivity index (χ1) is 14.5. The van der Waals surface area contributed by atoms with Crippen LogP contribution in [-0.4, -0.2) is 77.3 Å². The molecule has 1 aromatic heterocycles. The topological polar surface area (TPSA) is 87.8 Å². The molecule has 8 nitrogen and oxygen atoms in total. The summed E-state index contributed by atoms with van der Waals surface area (Å²) in [5.41, 5.74) is 6.52. The number of hydrogen-bond donors (Lipinski definition) is 1. The Labute approximate surface area is 178 Å². The molecule has 2 saturated heterocycles. The van der Waals surface area contributed by atoms with Gasteiger partial charge in [-0.25, -0.2) is 14.8 Å². The minimum atomic E-state index is -0.495. The van der Waals surface area contributed by atoms with Crippen LogP contribution in [0.3, 0.4) is 0 Å². The Kier molecular flexibility index (Phi) is 6.46. The standard InChI is InChI=1S/C22H32N6O2/c1-16(2)28(22(23)29)21-18-5-3-4-6-19(18)24-20(25-21)15-26-9-11-27(12-10-26)17-7-13-30-14-8-17/h3-6,16-17H,7-15H2,1-2H3,(H2,23,29). The lowest BCUT2D eigenvalue weighted by atomic mass is 10.1. The third-order valence-electron chi connectivity index (χ3n) is 6.09. The number of amides is 2. The summed E-state index contributed by atoms with van der Waals surface area (Å²) in [5.74, 6) is 1.33. The summed E-state index contributed by atoms with van der Waals surface area (Å²) in [5, 5.41) is 0.845. The maximum Gasteiger partial charge on any atom is 0.320 e. The largest absolute Gasteiger partial charge is 0.381 e. The van der Waals surface area contributed by atoms with Crippen molar-refractivity contribution in [3.63, 3.8) is 0 Å². The Balaban J connectivity index is 1.51. The van der Waals surface area contributed by atoms with Gasteiger partial charge >= 0.3 is 6.03 Å². The lowest BCUT2D eigenvalue weighted by Gasteiger charge is -2.40. The zero-order valence-corrected chi connectivity index (χ0v) is 18.0. The van der Waals surface area contributed by atoms with Crippen LogP contribution in [0.5, 0.6) is 0 Å². The van der Waals surface area contributed by atoms with Crippen LogP contribution in [0.4, 0.5) is 10.6 Å². The van der Waals surface area contributed by atoms with Crippen molar-refractivity contribution in [3.05, 3.63) is 30.1 Å². The van der Waals surface area contributed by atoms with Crippen LogP contribution in [0.1, 0.15) is 32.5 Å². The van der Waals surface area contributed by atoms with Gasteiger partial charge in [0.1, 0.15) is 11.6 Å². The van der Waals surface area contributed by atoms with E-state index in [1.165, 1.54) is 0 Å². The summed E-state index contributed by atoms with van der Waals surface area (Å²) in [7, 11) is 0. The number of hydrogen-bond acceptors (Lipinski definition) is 6. The Morgan fingerprint density at radius 1 is 1.17 bits per heavy atom. The van der Waals surface area contributed by atoms with Gasteiger partial charge in [-0.05, 0) is 38.8 Å². The smallest absolute Gasteiger partial charge is 0.320 e. The number of urea groups is 1. The molecule has 0 bridgehead atoms. The predicted octanol–water partition coefficient (Wildman–Crippen LogP) is 2.22. The molecule has 0 atom stereocenters. The van der Waals surface area contributed by atoms with Crippen molar-refractivity contribution in [1.82, 2.24) is 19.8 Å². The Hall–Kier alpha value is -2.29. The minimum absolute atomic E-state index is 0.0864. The summed E-state index contributed by atoms with van der Waals surface area (Å²) in [6.07, 6.45) is 2.27. The molecule has 0 saturated carbocycles. The number of primary amides is 1. The highest BCUT2D eigenvalue weighted by Gasteiger charge is 2.27. The number of fused-ring (bicyclic) bond motifs is 1. The first-order valence-corrected chi connectivity index (χ1v) is 10.9. The van der Waals surface area contributed by atoms with Gasteiger partial charge in [0.25, 0.3) is 0 Å². The maximum absolute atomic E-state index is 12.1. The molecule has 2 amide bonds. The SMILES string of the molecule is CC(C)N(C(N)=O)c1nc(CN2CCN(C3CCOCC3)CC2)nc2ccccc12. The number of anilines is 1. The second kappa shape index (κ2) is 9.24. The van der Waals surface area contributed by atoms with Crippen LogP contribution in [-0.2, 0) is 11.3 Å². The molecule has 2 aliphatic rings. The van der Waals surface area contributed by atoms with E-state index in [1.807, 2.05) is 38.1 Å². The number of rotatable bonds is 5. The van der Waals surface area contributed by atoms with Crippen LogP contribution >= 0.6 is 0 Å². The fourth-order valence-electron chi connectivity index (χ4n) is 4.50. The number of benzene rings is 1. The molecule has 0 radical (unpaired) electrons. The summed E-state index contributed by atoms with van der Waals surface area (Å²) in [6, 6.07) is 7.87. The zero-order valence-electron chi connectivity index (χ0n) is 18.0. The highest BCUT2D eigenvalue weighted by molar-refractivity contribution is 6.00. The summed E-state index contributed by atoms with van der Waals surface area (Å²) >= 11 is 0. The number of carbonyl (C=O) groups is 1. The average molecular weight is 413 g/mol. The Morgan fingerprint density at radius 2 is 1.87 bits per heavy atom. The number of para-hydroxylation sites is 1. The van der Waals surface area contributed by atoms with E-state index in [1.54, 1.807) is 4.90 Å². The molecule has 2 aliphatic heterocycles. The molecule has 2 fully saturated rings. The summed E-state index contributed by atoms with van der Waals surface area (Å²) in [6.45, 7) is 10.4. The quantitative estimate of drug-likeness (QED) is 0.810. The lowest BCUT2D eigenvalue weighted by molar-refractivity contribution is 0.0123. The van der Waals surface area contributed by atoms with Gasteiger partial charge in [-0.15, -0.1) is 0 Å². The second-order valence-electron chi connectivity index (χ2n) is 8.44. The number of ether oxygens (including phenoxy) is 1. The van der Waals surface area contributed by atoms with Crippen LogP contribution in [0.15, 0.2) is 24.3 Å². The number of aromatic nitrogens is 2. The normalized spacial score (nSPS) is 19.4. The van der Waals surface area contributed by atoms with Crippen molar-refractivity contribution in [2.24, 2.45) is 5.73 Å². The molecule has 0 spiro atoms. The molecule has 2 aromatic rings. The van der Waals surface area contributed by atoms with Crippen molar-refractivity contribution < 1.29 is 9.53 Å². The zero-order chi connectivity index (χ0) is 21.1. The van der Waals surface area contributed by atoms with Crippen LogP contribution in [0, 0.1) is 0 Å². The Morgan fingerprint density at radius 3 is 2.53 bits per heavy atom.